The number of carboxylic acids is 1. The molecule has 0 spiro atoms. The van der Waals surface area contributed by atoms with Crippen LogP contribution in [-0.2, 0) is 4.79 Å². The number of urea groups is 1. The van der Waals surface area contributed by atoms with Crippen molar-refractivity contribution in [3.8, 4) is 5.75 Å². The zero-order valence-electron chi connectivity index (χ0n) is 12.9. The van der Waals surface area contributed by atoms with Crippen LogP contribution in [0, 0.1) is 5.92 Å². The highest BCUT2D eigenvalue weighted by molar-refractivity contribution is 5.89. The summed E-state index contributed by atoms with van der Waals surface area (Å²) in [5.74, 6) is -0.354. The quantitative estimate of drug-likeness (QED) is 0.896. The van der Waals surface area contributed by atoms with E-state index in [9.17, 15) is 9.59 Å². The van der Waals surface area contributed by atoms with Gasteiger partial charge in [0.25, 0.3) is 0 Å². The largest absolute Gasteiger partial charge is 0.491 e. The Kier molecular flexibility index (Phi) is 5.25. The van der Waals surface area contributed by atoms with Crippen molar-refractivity contribution in [2.75, 3.05) is 18.4 Å². The van der Waals surface area contributed by atoms with Crippen LogP contribution in [-0.4, -0.2) is 41.2 Å². The number of nitrogens with one attached hydrogen (secondary N) is 1. The molecule has 1 aliphatic heterocycles. The molecule has 1 aromatic rings. The van der Waals surface area contributed by atoms with E-state index in [0.717, 1.165) is 5.75 Å². The van der Waals surface area contributed by atoms with E-state index in [1.54, 1.807) is 17.0 Å². The van der Waals surface area contributed by atoms with Crippen molar-refractivity contribution in [3.63, 3.8) is 0 Å². The molecule has 0 bridgehead atoms. The minimum atomic E-state index is -0.777. The van der Waals surface area contributed by atoms with Crippen LogP contribution in [0.15, 0.2) is 24.3 Å². The topological polar surface area (TPSA) is 78.9 Å². The SMILES string of the molecule is CC(C)Oc1ccc(NC(=O)N2CCC(C(=O)O)CC2)cc1. The van der Waals surface area contributed by atoms with Crippen molar-refractivity contribution in [2.45, 2.75) is 32.8 Å². The number of piperidine rings is 1. The van der Waals surface area contributed by atoms with Gasteiger partial charge < -0.3 is 20.1 Å². The third kappa shape index (κ3) is 4.38. The summed E-state index contributed by atoms with van der Waals surface area (Å²) in [5, 5.41) is 11.8. The molecule has 2 amide bonds. The number of ether oxygens (including phenoxy) is 1. The van der Waals surface area contributed by atoms with Crippen LogP contribution in [0.5, 0.6) is 5.75 Å². The molecule has 0 saturated carbocycles. The molecule has 1 aliphatic rings. The maximum absolute atomic E-state index is 12.1. The molecule has 2 N–H and O–H groups in total. The van der Waals surface area contributed by atoms with E-state index < -0.39 is 5.97 Å². The molecular weight excluding hydrogens is 284 g/mol. The number of likely N-dealkylation sites (tertiary alicyclic amines) is 1. The molecule has 1 fully saturated rings. The Hall–Kier alpha value is -2.24. The summed E-state index contributed by atoms with van der Waals surface area (Å²) in [5.41, 5.74) is 0.696. The highest BCUT2D eigenvalue weighted by atomic mass is 16.5. The molecule has 120 valence electrons. The highest BCUT2D eigenvalue weighted by Gasteiger charge is 2.26. The number of rotatable bonds is 4. The second-order valence-corrected chi connectivity index (χ2v) is 5.72. The number of amides is 2. The van der Waals surface area contributed by atoms with Gasteiger partial charge in [0.1, 0.15) is 5.75 Å². The van der Waals surface area contributed by atoms with Crippen LogP contribution in [0.2, 0.25) is 0 Å². The lowest BCUT2D eigenvalue weighted by atomic mass is 9.97. The summed E-state index contributed by atoms with van der Waals surface area (Å²) < 4.78 is 5.55. The Morgan fingerprint density at radius 1 is 1.23 bits per heavy atom. The number of benzene rings is 1. The molecule has 1 heterocycles. The summed E-state index contributed by atoms with van der Waals surface area (Å²) in [7, 11) is 0. The van der Waals surface area contributed by atoms with E-state index in [2.05, 4.69) is 5.32 Å². The van der Waals surface area contributed by atoms with Crippen LogP contribution in [0.1, 0.15) is 26.7 Å². The first-order valence-corrected chi connectivity index (χ1v) is 7.51. The highest BCUT2D eigenvalue weighted by Crippen LogP contribution is 2.20. The van der Waals surface area contributed by atoms with Gasteiger partial charge in [-0.3, -0.25) is 4.79 Å². The van der Waals surface area contributed by atoms with Gasteiger partial charge in [-0.15, -0.1) is 0 Å². The normalized spacial score (nSPS) is 15.7. The standard InChI is InChI=1S/C16H22N2O4/c1-11(2)22-14-5-3-13(4-6-14)17-16(21)18-9-7-12(8-10-18)15(19)20/h3-6,11-12H,7-10H2,1-2H3,(H,17,21)(H,19,20). The van der Waals surface area contributed by atoms with Gasteiger partial charge in [-0.25, -0.2) is 4.79 Å². The third-order valence-electron chi connectivity index (χ3n) is 3.61. The Labute approximate surface area is 130 Å². The number of nitrogens with zero attached hydrogens (tertiary/aromatic N) is 1. The summed E-state index contributed by atoms with van der Waals surface area (Å²) in [6, 6.07) is 7.01. The number of hydrogen-bond acceptors (Lipinski definition) is 3. The second kappa shape index (κ2) is 7.15. The zero-order valence-corrected chi connectivity index (χ0v) is 12.9. The number of aliphatic carboxylic acids is 1. The van der Waals surface area contributed by atoms with Gasteiger partial charge in [0.2, 0.25) is 0 Å². The molecule has 6 heteroatoms. The van der Waals surface area contributed by atoms with Crippen LogP contribution in [0.4, 0.5) is 10.5 Å². The van der Waals surface area contributed by atoms with Gasteiger partial charge in [0, 0.05) is 18.8 Å². The summed E-state index contributed by atoms with van der Waals surface area (Å²) in [4.78, 5) is 24.7. The lowest BCUT2D eigenvalue weighted by Gasteiger charge is -2.30. The predicted molar refractivity (Wildman–Crippen MR) is 83.2 cm³/mol. The maximum atomic E-state index is 12.1. The molecule has 1 aromatic carbocycles. The Morgan fingerprint density at radius 3 is 2.32 bits per heavy atom. The van der Waals surface area contributed by atoms with E-state index in [-0.39, 0.29) is 18.1 Å². The summed E-state index contributed by atoms with van der Waals surface area (Å²) >= 11 is 0. The van der Waals surface area contributed by atoms with Gasteiger partial charge in [0.05, 0.1) is 12.0 Å². The number of hydrogen-bond donors (Lipinski definition) is 2. The maximum Gasteiger partial charge on any atom is 0.321 e. The smallest absolute Gasteiger partial charge is 0.321 e. The van der Waals surface area contributed by atoms with E-state index in [0.29, 0.717) is 31.6 Å². The van der Waals surface area contributed by atoms with Crippen LogP contribution < -0.4 is 10.1 Å². The molecule has 0 unspecified atom stereocenters. The molecule has 0 radical (unpaired) electrons. The Balaban J connectivity index is 1.86. The van der Waals surface area contributed by atoms with Crippen molar-refractivity contribution < 1.29 is 19.4 Å². The third-order valence-corrected chi connectivity index (χ3v) is 3.61. The molecule has 0 aliphatic carbocycles. The van der Waals surface area contributed by atoms with Crippen molar-refractivity contribution >= 4 is 17.7 Å². The first-order valence-electron chi connectivity index (χ1n) is 7.51. The second-order valence-electron chi connectivity index (χ2n) is 5.72. The lowest BCUT2D eigenvalue weighted by molar-refractivity contribution is -0.143. The molecule has 0 aromatic heterocycles. The van der Waals surface area contributed by atoms with Crippen molar-refractivity contribution in [2.24, 2.45) is 5.92 Å². The van der Waals surface area contributed by atoms with Crippen LogP contribution in [0.25, 0.3) is 0 Å². The fourth-order valence-electron chi connectivity index (χ4n) is 2.42. The van der Waals surface area contributed by atoms with Gasteiger partial charge in [-0.1, -0.05) is 0 Å². The van der Waals surface area contributed by atoms with Gasteiger partial charge in [-0.2, -0.15) is 0 Å². The Morgan fingerprint density at radius 2 is 1.82 bits per heavy atom. The summed E-state index contributed by atoms with van der Waals surface area (Å²) in [6.07, 6.45) is 1.12. The number of anilines is 1. The molecule has 6 nitrogen and oxygen atoms in total. The Bertz CT molecular complexity index is 519. The zero-order chi connectivity index (χ0) is 16.1. The molecule has 0 atom stereocenters. The molecule has 1 saturated heterocycles. The van der Waals surface area contributed by atoms with Crippen molar-refractivity contribution in [1.82, 2.24) is 4.90 Å². The fraction of sp³-hybridized carbons (Fsp3) is 0.500. The minimum Gasteiger partial charge on any atom is -0.491 e. The van der Waals surface area contributed by atoms with Crippen LogP contribution >= 0.6 is 0 Å². The first kappa shape index (κ1) is 16.1. The van der Waals surface area contributed by atoms with Crippen molar-refractivity contribution in [1.29, 1.82) is 0 Å². The van der Waals surface area contributed by atoms with Gasteiger partial charge in [0.15, 0.2) is 0 Å². The molecule has 2 rings (SSSR count). The number of carbonyl (C=O) groups excluding carboxylic acids is 1. The fourth-order valence-corrected chi connectivity index (χ4v) is 2.42. The van der Waals surface area contributed by atoms with Gasteiger partial charge in [-0.05, 0) is 51.0 Å². The number of carboxylic acid groups (broad SMARTS) is 1. The average Bonchev–Trinajstić information content (AvgIpc) is 2.49. The minimum absolute atomic E-state index is 0.107. The monoisotopic (exact) mass is 306 g/mol. The van der Waals surface area contributed by atoms with Crippen molar-refractivity contribution in [3.05, 3.63) is 24.3 Å². The lowest BCUT2D eigenvalue weighted by Crippen LogP contribution is -2.42. The number of carbonyl (C=O) groups is 2. The molecule has 22 heavy (non-hydrogen) atoms. The average molecular weight is 306 g/mol. The molecular formula is C16H22N2O4. The predicted octanol–water partition coefficient (Wildman–Crippen LogP) is 2.80. The van der Waals surface area contributed by atoms with E-state index in [1.165, 1.54) is 0 Å². The van der Waals surface area contributed by atoms with Crippen LogP contribution in [0.3, 0.4) is 0 Å². The summed E-state index contributed by atoms with van der Waals surface area (Å²) in [6.45, 7) is 4.85. The van der Waals surface area contributed by atoms with E-state index in [1.807, 2.05) is 26.0 Å². The van der Waals surface area contributed by atoms with Gasteiger partial charge >= 0.3 is 12.0 Å². The van der Waals surface area contributed by atoms with E-state index in [4.69, 9.17) is 9.84 Å². The first-order chi connectivity index (χ1) is 10.5. The van der Waals surface area contributed by atoms with E-state index >= 15 is 0 Å².